The molecule has 5 rings (SSSR count). The van der Waals surface area contributed by atoms with Crippen LogP contribution < -0.4 is 16.2 Å². The molecule has 6 amide bonds. The fourth-order valence-electron chi connectivity index (χ4n) is 12.6. The molecule has 2 heterocycles. The van der Waals surface area contributed by atoms with Gasteiger partial charge in [-0.3, -0.25) is 63.6 Å². The van der Waals surface area contributed by atoms with E-state index >= 15 is 0 Å². The maximum absolute atomic E-state index is 14.5. The molecule has 2 fully saturated rings. The Labute approximate surface area is 511 Å². The Morgan fingerprint density at radius 2 is 1.47 bits per heavy atom. The Morgan fingerprint density at radius 1 is 0.814 bits per heavy atom. The molecule has 1 aliphatic carbocycles. The zero-order valence-electron chi connectivity index (χ0n) is 52.5. The lowest BCUT2D eigenvalue weighted by Gasteiger charge is -2.36. The number of nitrogens with zero attached hydrogens (tertiary/aromatic N) is 3. The van der Waals surface area contributed by atoms with E-state index in [9.17, 15) is 51.3 Å². The van der Waals surface area contributed by atoms with Crippen molar-refractivity contribution in [2.45, 2.75) is 186 Å². The van der Waals surface area contributed by atoms with Gasteiger partial charge in [-0.15, -0.1) is 0 Å². The van der Waals surface area contributed by atoms with Crippen molar-refractivity contribution in [3.05, 3.63) is 84.0 Å². The van der Waals surface area contributed by atoms with E-state index in [1.165, 1.54) is 24.3 Å². The van der Waals surface area contributed by atoms with Crippen LogP contribution in [0, 0.1) is 47.3 Å². The van der Waals surface area contributed by atoms with Crippen molar-refractivity contribution in [1.82, 2.24) is 30.9 Å². The highest BCUT2D eigenvalue weighted by Gasteiger charge is 2.49. The quantitative estimate of drug-likeness (QED) is 0.0213. The Morgan fingerprint density at radius 3 is 2.06 bits per heavy atom. The molecule has 1 saturated heterocycles. The summed E-state index contributed by atoms with van der Waals surface area (Å²) in [6, 6.07) is 14.6. The normalized spacial score (nSPS) is 19.8. The zero-order valence-corrected chi connectivity index (χ0v) is 53.4. The smallest absolute Gasteiger partial charge is 0.294 e. The van der Waals surface area contributed by atoms with Crippen LogP contribution in [-0.4, -0.2) is 146 Å². The van der Waals surface area contributed by atoms with Gasteiger partial charge in [0, 0.05) is 70.6 Å². The third kappa shape index (κ3) is 21.4. The van der Waals surface area contributed by atoms with E-state index in [4.69, 9.17) is 9.47 Å². The number of ketones is 2. The average Bonchev–Trinajstić information content (AvgIpc) is 2.05. The van der Waals surface area contributed by atoms with E-state index in [1.54, 1.807) is 26.4 Å². The van der Waals surface area contributed by atoms with E-state index in [2.05, 4.69) is 48.2 Å². The number of likely N-dealkylation sites (tertiary alicyclic amines) is 1. The first-order valence-electron chi connectivity index (χ1n) is 31.2. The van der Waals surface area contributed by atoms with Gasteiger partial charge in [0.25, 0.3) is 21.9 Å². The van der Waals surface area contributed by atoms with Crippen LogP contribution in [0.5, 0.6) is 0 Å². The summed E-state index contributed by atoms with van der Waals surface area (Å²) >= 11 is 0. The SMILES string of the molecule is CCC(C)C(CC1CC1C(=O)C(NC(=O)C(C(C)C)N(C)CCCC(=O)NNC(=O)CCCCCN1C(=O)C=CC1=O)C(C)C)C(CC(=O)N1CCCC1C(OC)C(C)C(=O)CCCC(C=Cc1ccc(S(=O)(=O)O)cc1)Cc1ccccc1)OC. The summed E-state index contributed by atoms with van der Waals surface area (Å²) in [5.41, 5.74) is 6.83. The molecule has 19 nitrogen and oxygen atoms in total. The van der Waals surface area contributed by atoms with Gasteiger partial charge in [-0.1, -0.05) is 116 Å². The predicted molar refractivity (Wildman–Crippen MR) is 330 cm³/mol. The highest BCUT2D eigenvalue weighted by atomic mass is 32.2. The number of allylic oxidation sites excluding steroid dienone is 1. The lowest BCUT2D eigenvalue weighted by atomic mass is 9.80. The average molecular weight is 1220 g/mol. The van der Waals surface area contributed by atoms with Crippen molar-refractivity contribution in [3.63, 3.8) is 0 Å². The molecule has 0 aromatic heterocycles. The first-order valence-corrected chi connectivity index (χ1v) is 32.7. The predicted octanol–water partition coefficient (Wildman–Crippen LogP) is 8.36. The minimum Gasteiger partial charge on any atom is -0.381 e. The van der Waals surface area contributed by atoms with E-state index in [0.717, 1.165) is 41.7 Å². The van der Waals surface area contributed by atoms with Gasteiger partial charge in [-0.2, -0.15) is 8.42 Å². The minimum atomic E-state index is -4.30. The number of carbonyl (C=O) groups excluding carboxylic acids is 8. The molecule has 11 unspecified atom stereocenters. The number of ether oxygens (including phenoxy) is 2. The Kier molecular flexibility index (Phi) is 28.5. The number of benzene rings is 2. The monoisotopic (exact) mass is 1210 g/mol. The van der Waals surface area contributed by atoms with Gasteiger partial charge in [-0.05, 0) is 137 Å². The number of rotatable bonds is 38. The molecule has 3 aliphatic rings. The molecule has 476 valence electrons. The second-order valence-electron chi connectivity index (χ2n) is 24.8. The summed E-state index contributed by atoms with van der Waals surface area (Å²) in [7, 11) is 0.776. The molecular weight excluding hydrogens is 1120 g/mol. The molecule has 0 spiro atoms. The zero-order chi connectivity index (χ0) is 63.3. The van der Waals surface area contributed by atoms with Crippen molar-refractivity contribution in [2.75, 3.05) is 40.9 Å². The van der Waals surface area contributed by atoms with E-state index < -0.39 is 40.3 Å². The molecule has 86 heavy (non-hydrogen) atoms. The summed E-state index contributed by atoms with van der Waals surface area (Å²) in [6.07, 6.45) is 14.3. The van der Waals surface area contributed by atoms with Crippen molar-refractivity contribution in [1.29, 1.82) is 0 Å². The number of amides is 6. The molecule has 1 saturated carbocycles. The van der Waals surface area contributed by atoms with Crippen LogP contribution in [0.1, 0.15) is 156 Å². The molecule has 11 atom stereocenters. The Hall–Kier alpha value is -5.93. The number of imide groups is 1. The molecule has 4 N–H and O–H groups in total. The number of methoxy groups -OCH3 is 2. The third-order valence-electron chi connectivity index (χ3n) is 17.8. The molecule has 2 aliphatic heterocycles. The Bertz CT molecular complexity index is 2740. The van der Waals surface area contributed by atoms with Crippen molar-refractivity contribution < 1.29 is 60.8 Å². The second-order valence-corrected chi connectivity index (χ2v) is 26.3. The molecule has 2 aromatic rings. The molecular formula is C66H98N6O13S. The molecule has 0 bridgehead atoms. The van der Waals surface area contributed by atoms with Crippen molar-refractivity contribution >= 4 is 63.2 Å². The van der Waals surface area contributed by atoms with E-state index in [-0.39, 0.29) is 119 Å². The van der Waals surface area contributed by atoms with Crippen LogP contribution in [0.25, 0.3) is 6.08 Å². The number of likely N-dealkylation sites (N-methyl/N-ethyl adjacent to an activating group) is 1. The maximum Gasteiger partial charge on any atom is 0.294 e. The third-order valence-corrected chi connectivity index (χ3v) is 18.7. The van der Waals surface area contributed by atoms with Gasteiger partial charge in [0.2, 0.25) is 23.6 Å². The largest absolute Gasteiger partial charge is 0.381 e. The standard InChI is InChI=1S/C66H98N6O13S/c1-11-45(6)52(40-50-41-53(50)64(79)62(43(2)3)67-66(80)63(44(4)5)70(8)36-20-27-58(75)69-68-57(74)26-16-13-17-37-72-59(76)34-35-60(72)77)56(84-9)42-61(78)71-38-19-24-54(71)65(85-10)46(7)55(73)25-18-23-49(39-48-21-14-12-15-22-48)29-28-47-30-32-51(33-31-47)86(81,82)83/h12,14-15,21-22,28-35,43-46,49-50,52-54,56,62-63,65H,11,13,16-20,23-27,36-42H2,1-10H3,(H,67,80)(H,68,74)(H,69,75)(H,81,82,83). The van der Waals surface area contributed by atoms with Crippen molar-refractivity contribution in [3.8, 4) is 0 Å². The van der Waals surface area contributed by atoms with E-state index in [1.807, 2.05) is 75.7 Å². The molecule has 2 aromatic carbocycles. The van der Waals surface area contributed by atoms with Gasteiger partial charge < -0.3 is 19.7 Å². The lowest BCUT2D eigenvalue weighted by molar-refractivity contribution is -0.142. The van der Waals surface area contributed by atoms with Crippen LogP contribution in [0.15, 0.2) is 77.7 Å². The van der Waals surface area contributed by atoms with Crippen LogP contribution in [-0.2, 0) is 64.4 Å². The van der Waals surface area contributed by atoms with Crippen LogP contribution in [0.2, 0.25) is 0 Å². The number of nitrogens with one attached hydrogen (secondary N) is 3. The first kappa shape index (κ1) is 70.8. The summed E-state index contributed by atoms with van der Waals surface area (Å²) in [5, 5.41) is 3.12. The first-order chi connectivity index (χ1) is 40.9. The van der Waals surface area contributed by atoms with Crippen molar-refractivity contribution in [2.24, 2.45) is 47.3 Å². The van der Waals surface area contributed by atoms with E-state index in [0.29, 0.717) is 77.4 Å². The topological polar surface area (TPSA) is 255 Å². The van der Waals surface area contributed by atoms with Crippen LogP contribution in [0.4, 0.5) is 0 Å². The lowest BCUT2D eigenvalue weighted by Crippen LogP contribution is -2.54. The maximum atomic E-state index is 14.5. The fourth-order valence-corrected chi connectivity index (χ4v) is 13.0. The number of hydrogen-bond donors (Lipinski definition) is 4. The second kappa shape index (κ2) is 34.6. The molecule has 20 heteroatoms. The number of hydrogen-bond acceptors (Lipinski definition) is 13. The number of carbonyl (C=O) groups is 8. The summed E-state index contributed by atoms with van der Waals surface area (Å²) in [6.45, 7) is 15.2. The molecule has 0 radical (unpaired) electrons. The number of unbranched alkanes of at least 4 members (excludes halogenated alkanes) is 2. The van der Waals surface area contributed by atoms with Gasteiger partial charge in [-0.25, -0.2) is 0 Å². The highest BCUT2D eigenvalue weighted by molar-refractivity contribution is 7.85. The van der Waals surface area contributed by atoms with Gasteiger partial charge in [0.1, 0.15) is 5.78 Å². The fraction of sp³-hybridized carbons (Fsp3) is 0.636. The number of hydrazine groups is 1. The minimum absolute atomic E-state index is 0.00466. The summed E-state index contributed by atoms with van der Waals surface area (Å²) in [4.78, 5) is 110. The number of Topliss-reactive ketones (excluding diaryl/α,β-unsaturated/α-hetero) is 2. The van der Waals surface area contributed by atoms with Crippen LogP contribution in [0.3, 0.4) is 0 Å². The Balaban J connectivity index is 1.10. The highest BCUT2D eigenvalue weighted by Crippen LogP contribution is 2.48. The summed E-state index contributed by atoms with van der Waals surface area (Å²) in [5.74, 6) is -2.29. The summed E-state index contributed by atoms with van der Waals surface area (Å²) < 4.78 is 44.9. The van der Waals surface area contributed by atoms with Gasteiger partial charge >= 0.3 is 0 Å². The van der Waals surface area contributed by atoms with Crippen LogP contribution >= 0.6 is 0 Å². The van der Waals surface area contributed by atoms with Gasteiger partial charge in [0.05, 0.1) is 41.6 Å². The van der Waals surface area contributed by atoms with Gasteiger partial charge in [0.15, 0.2) is 5.78 Å².